The number of aromatic nitrogens is 2. The molecule has 0 spiro atoms. The molecule has 4 rings (SSSR count). The van der Waals surface area contributed by atoms with Gasteiger partial charge in [0.15, 0.2) is 0 Å². The number of carbonyl (C=O) groups is 1. The lowest BCUT2D eigenvalue weighted by molar-refractivity contribution is -0.128. The molecule has 25 heavy (non-hydrogen) atoms. The van der Waals surface area contributed by atoms with Gasteiger partial charge in [0.05, 0.1) is 29.0 Å². The van der Waals surface area contributed by atoms with Crippen molar-refractivity contribution in [1.82, 2.24) is 14.9 Å². The molecular formula is C20H19N3OS. The Morgan fingerprint density at radius 2 is 2.16 bits per heavy atom. The molecule has 1 aliphatic rings. The van der Waals surface area contributed by atoms with Crippen LogP contribution in [0.3, 0.4) is 0 Å². The summed E-state index contributed by atoms with van der Waals surface area (Å²) in [6, 6.07) is 10.1. The second-order valence-corrected chi connectivity index (χ2v) is 7.12. The molecule has 3 heterocycles. The number of hydrogen-bond donors (Lipinski definition) is 0. The molecule has 5 heteroatoms. The number of rotatable bonds is 3. The van der Waals surface area contributed by atoms with Crippen molar-refractivity contribution < 1.29 is 4.79 Å². The van der Waals surface area contributed by atoms with E-state index < -0.39 is 0 Å². The maximum Gasteiger partial charge on any atom is 0.247 e. The van der Waals surface area contributed by atoms with Crippen LogP contribution in [0.5, 0.6) is 0 Å². The van der Waals surface area contributed by atoms with Gasteiger partial charge in [-0.2, -0.15) is 0 Å². The number of benzene rings is 1. The Bertz CT molecular complexity index is 947. The molecule has 0 fully saturated rings. The van der Waals surface area contributed by atoms with E-state index in [0.717, 1.165) is 30.4 Å². The predicted octanol–water partition coefficient (Wildman–Crippen LogP) is 4.24. The highest BCUT2D eigenvalue weighted by Gasteiger charge is 2.29. The Labute approximate surface area is 150 Å². The van der Waals surface area contributed by atoms with Gasteiger partial charge in [-0.05, 0) is 48.1 Å². The average Bonchev–Trinajstić information content (AvgIpc) is 3.14. The van der Waals surface area contributed by atoms with Gasteiger partial charge in [0.2, 0.25) is 5.91 Å². The molecule has 0 aliphatic carbocycles. The van der Waals surface area contributed by atoms with Gasteiger partial charge in [0.25, 0.3) is 0 Å². The van der Waals surface area contributed by atoms with Crippen LogP contribution in [0.2, 0.25) is 0 Å². The SMILES string of the molecule is CCC1c2ccsc2CCN1C(=O)/C=C/c1cnc2ccccc2n1. The first kappa shape index (κ1) is 16.0. The monoisotopic (exact) mass is 349 g/mol. The van der Waals surface area contributed by atoms with Crippen molar-refractivity contribution in [3.05, 3.63) is 64.1 Å². The number of carbonyl (C=O) groups excluding carboxylic acids is 1. The van der Waals surface area contributed by atoms with Crippen LogP contribution < -0.4 is 0 Å². The van der Waals surface area contributed by atoms with Crippen molar-refractivity contribution in [1.29, 1.82) is 0 Å². The van der Waals surface area contributed by atoms with Crippen LogP contribution in [0.25, 0.3) is 17.1 Å². The summed E-state index contributed by atoms with van der Waals surface area (Å²) in [5.41, 5.74) is 3.71. The highest BCUT2D eigenvalue weighted by Crippen LogP contribution is 2.35. The second kappa shape index (κ2) is 6.76. The number of thiophene rings is 1. The van der Waals surface area contributed by atoms with Gasteiger partial charge in [0, 0.05) is 17.5 Å². The first-order chi connectivity index (χ1) is 12.3. The fourth-order valence-corrected chi connectivity index (χ4v) is 4.33. The van der Waals surface area contributed by atoms with Gasteiger partial charge in [-0.1, -0.05) is 19.1 Å². The summed E-state index contributed by atoms with van der Waals surface area (Å²) in [6.07, 6.45) is 6.96. The van der Waals surface area contributed by atoms with Crippen molar-refractivity contribution in [3.8, 4) is 0 Å². The second-order valence-electron chi connectivity index (χ2n) is 6.12. The minimum atomic E-state index is 0.0404. The summed E-state index contributed by atoms with van der Waals surface area (Å²) >= 11 is 1.80. The van der Waals surface area contributed by atoms with Gasteiger partial charge >= 0.3 is 0 Å². The largest absolute Gasteiger partial charge is 0.332 e. The number of hydrogen-bond acceptors (Lipinski definition) is 4. The van der Waals surface area contributed by atoms with Crippen LogP contribution in [0.4, 0.5) is 0 Å². The molecule has 1 amide bonds. The third-order valence-corrected chi connectivity index (χ3v) is 5.63. The van der Waals surface area contributed by atoms with E-state index in [1.807, 2.05) is 29.2 Å². The molecule has 126 valence electrons. The van der Waals surface area contributed by atoms with E-state index in [4.69, 9.17) is 0 Å². The maximum absolute atomic E-state index is 12.7. The zero-order valence-corrected chi connectivity index (χ0v) is 14.9. The lowest BCUT2D eigenvalue weighted by Crippen LogP contribution is -2.38. The molecule has 0 radical (unpaired) electrons. The van der Waals surface area contributed by atoms with E-state index in [1.54, 1.807) is 29.7 Å². The van der Waals surface area contributed by atoms with Gasteiger partial charge in [-0.15, -0.1) is 11.3 Å². The molecule has 0 saturated heterocycles. The van der Waals surface area contributed by atoms with Crippen LogP contribution >= 0.6 is 11.3 Å². The summed E-state index contributed by atoms with van der Waals surface area (Å²) in [7, 11) is 0. The zero-order valence-electron chi connectivity index (χ0n) is 14.1. The summed E-state index contributed by atoms with van der Waals surface area (Å²) < 4.78 is 0. The van der Waals surface area contributed by atoms with Crippen molar-refractivity contribution in [3.63, 3.8) is 0 Å². The van der Waals surface area contributed by atoms with Crippen LogP contribution in [-0.2, 0) is 11.2 Å². The third-order valence-electron chi connectivity index (χ3n) is 4.63. The Kier molecular flexibility index (Phi) is 4.32. The predicted molar refractivity (Wildman–Crippen MR) is 101 cm³/mol. The first-order valence-electron chi connectivity index (χ1n) is 8.53. The van der Waals surface area contributed by atoms with Crippen LogP contribution in [0, 0.1) is 0 Å². The molecule has 2 aromatic heterocycles. The van der Waals surface area contributed by atoms with Crippen molar-refractivity contribution in [2.75, 3.05) is 6.54 Å². The van der Waals surface area contributed by atoms with Crippen molar-refractivity contribution >= 4 is 34.4 Å². The number of fused-ring (bicyclic) bond motifs is 2. The van der Waals surface area contributed by atoms with Gasteiger partial charge in [0.1, 0.15) is 0 Å². The number of nitrogens with zero attached hydrogens (tertiary/aromatic N) is 3. The quantitative estimate of drug-likeness (QED) is 0.665. The van der Waals surface area contributed by atoms with E-state index in [-0.39, 0.29) is 11.9 Å². The first-order valence-corrected chi connectivity index (χ1v) is 9.41. The van der Waals surface area contributed by atoms with Gasteiger partial charge < -0.3 is 4.90 Å². The van der Waals surface area contributed by atoms with Gasteiger partial charge in [-0.3, -0.25) is 9.78 Å². The van der Waals surface area contributed by atoms with E-state index in [9.17, 15) is 4.79 Å². The zero-order chi connectivity index (χ0) is 17.2. The normalized spacial score (nSPS) is 17.2. The van der Waals surface area contributed by atoms with Crippen molar-refractivity contribution in [2.24, 2.45) is 0 Å². The smallest absolute Gasteiger partial charge is 0.247 e. The van der Waals surface area contributed by atoms with E-state index in [0.29, 0.717) is 5.69 Å². The van der Waals surface area contributed by atoms with Crippen LogP contribution in [-0.4, -0.2) is 27.3 Å². The topological polar surface area (TPSA) is 46.1 Å². The molecule has 3 aromatic rings. The molecule has 1 atom stereocenters. The highest BCUT2D eigenvalue weighted by molar-refractivity contribution is 7.10. The Morgan fingerprint density at radius 3 is 3.00 bits per heavy atom. The van der Waals surface area contributed by atoms with Gasteiger partial charge in [-0.25, -0.2) is 4.98 Å². The van der Waals surface area contributed by atoms with E-state index in [1.165, 1.54) is 10.4 Å². The molecule has 0 bridgehead atoms. The highest BCUT2D eigenvalue weighted by atomic mass is 32.1. The lowest BCUT2D eigenvalue weighted by Gasteiger charge is -2.34. The molecular weight excluding hydrogens is 330 g/mol. The van der Waals surface area contributed by atoms with Crippen molar-refractivity contribution in [2.45, 2.75) is 25.8 Å². The summed E-state index contributed by atoms with van der Waals surface area (Å²) in [5, 5.41) is 2.13. The average molecular weight is 349 g/mol. The fourth-order valence-electron chi connectivity index (χ4n) is 3.40. The summed E-state index contributed by atoms with van der Waals surface area (Å²) in [4.78, 5) is 25.0. The fraction of sp³-hybridized carbons (Fsp3) is 0.250. The summed E-state index contributed by atoms with van der Waals surface area (Å²) in [6.45, 7) is 2.91. The Hall–Kier alpha value is -2.53. The molecule has 0 saturated carbocycles. The number of para-hydroxylation sites is 2. The Morgan fingerprint density at radius 1 is 1.32 bits per heavy atom. The lowest BCUT2D eigenvalue weighted by atomic mass is 9.97. The molecule has 1 aliphatic heterocycles. The molecule has 1 aromatic carbocycles. The standard InChI is InChI=1S/C20H19N3OS/c1-2-18-15-10-12-25-19(15)9-11-23(18)20(24)8-7-14-13-21-16-5-3-4-6-17(16)22-14/h3-8,10,12-13,18H,2,9,11H2,1H3/b8-7+. The summed E-state index contributed by atoms with van der Waals surface area (Å²) in [5.74, 6) is 0.0404. The minimum absolute atomic E-state index is 0.0404. The van der Waals surface area contributed by atoms with Crippen LogP contribution in [0.1, 0.15) is 35.5 Å². The maximum atomic E-state index is 12.7. The molecule has 4 nitrogen and oxygen atoms in total. The molecule has 0 N–H and O–H groups in total. The Balaban J connectivity index is 1.55. The third kappa shape index (κ3) is 3.07. The van der Waals surface area contributed by atoms with E-state index >= 15 is 0 Å². The van der Waals surface area contributed by atoms with E-state index in [2.05, 4.69) is 28.3 Å². The minimum Gasteiger partial charge on any atom is -0.332 e. The number of amides is 1. The molecule has 1 unspecified atom stereocenters. The van der Waals surface area contributed by atoms with Crippen LogP contribution in [0.15, 0.2) is 48.0 Å².